The van der Waals surface area contributed by atoms with Gasteiger partial charge in [-0.2, -0.15) is 0 Å². The number of aliphatic hydroxyl groups is 1. The molecule has 0 aliphatic heterocycles. The summed E-state index contributed by atoms with van der Waals surface area (Å²) in [5.41, 5.74) is 1.59. The number of benzene rings is 2. The molecule has 0 aliphatic carbocycles. The van der Waals surface area contributed by atoms with E-state index in [1.807, 2.05) is 37.3 Å². The molecule has 6 heteroatoms. The second-order valence-electron chi connectivity index (χ2n) is 5.83. The number of phenolic OH excluding ortho intramolecular Hbond substituents is 1. The Morgan fingerprint density at radius 2 is 1.92 bits per heavy atom. The molecule has 0 saturated heterocycles. The van der Waals surface area contributed by atoms with Gasteiger partial charge in [0.1, 0.15) is 11.5 Å². The first-order valence-corrected chi connectivity index (χ1v) is 8.75. The van der Waals surface area contributed by atoms with Crippen LogP contribution in [0.3, 0.4) is 0 Å². The standard InChI is InChI=1S/C20H27N3O3/c1-3-21-20(22-12-11-19(25)15-7-5-4-6-8-15)23-14-16-13-17(26-2)9-10-18(16)24/h4-10,13,19,24-25H,3,11-12,14H2,1-2H3,(H2,21,22,23). The number of ether oxygens (including phenoxy) is 1. The van der Waals surface area contributed by atoms with Crippen molar-refractivity contribution in [3.63, 3.8) is 0 Å². The van der Waals surface area contributed by atoms with E-state index >= 15 is 0 Å². The summed E-state index contributed by atoms with van der Waals surface area (Å²) < 4.78 is 5.18. The maximum absolute atomic E-state index is 10.2. The van der Waals surface area contributed by atoms with Gasteiger partial charge in [-0.1, -0.05) is 30.3 Å². The lowest BCUT2D eigenvalue weighted by molar-refractivity contribution is 0.168. The van der Waals surface area contributed by atoms with E-state index in [4.69, 9.17) is 4.74 Å². The maximum Gasteiger partial charge on any atom is 0.191 e. The van der Waals surface area contributed by atoms with Crippen LogP contribution in [0.4, 0.5) is 0 Å². The molecule has 2 rings (SSSR count). The van der Waals surface area contributed by atoms with Crippen LogP contribution >= 0.6 is 0 Å². The van der Waals surface area contributed by atoms with Crippen LogP contribution in [0.2, 0.25) is 0 Å². The van der Waals surface area contributed by atoms with Crippen molar-refractivity contribution in [2.24, 2.45) is 4.99 Å². The number of methoxy groups -OCH3 is 1. The average Bonchev–Trinajstić information content (AvgIpc) is 2.67. The van der Waals surface area contributed by atoms with E-state index in [2.05, 4.69) is 15.6 Å². The van der Waals surface area contributed by atoms with Crippen molar-refractivity contribution in [2.45, 2.75) is 26.0 Å². The van der Waals surface area contributed by atoms with Gasteiger partial charge in [0, 0.05) is 18.7 Å². The number of rotatable bonds is 8. The van der Waals surface area contributed by atoms with E-state index in [-0.39, 0.29) is 5.75 Å². The van der Waals surface area contributed by atoms with Crippen molar-refractivity contribution >= 4 is 5.96 Å². The molecule has 2 aromatic carbocycles. The van der Waals surface area contributed by atoms with E-state index in [0.29, 0.717) is 36.8 Å². The lowest BCUT2D eigenvalue weighted by atomic mass is 10.1. The lowest BCUT2D eigenvalue weighted by Crippen LogP contribution is -2.38. The van der Waals surface area contributed by atoms with Crippen molar-refractivity contribution in [1.29, 1.82) is 0 Å². The second kappa shape index (κ2) is 10.3. The highest BCUT2D eigenvalue weighted by atomic mass is 16.5. The van der Waals surface area contributed by atoms with Crippen molar-refractivity contribution < 1.29 is 14.9 Å². The fourth-order valence-electron chi connectivity index (χ4n) is 2.49. The summed E-state index contributed by atoms with van der Waals surface area (Å²) in [6.07, 6.45) is 0.0489. The van der Waals surface area contributed by atoms with Crippen LogP contribution in [0, 0.1) is 0 Å². The third-order valence-electron chi connectivity index (χ3n) is 3.93. The SMILES string of the molecule is CCNC(=NCc1cc(OC)ccc1O)NCCC(O)c1ccccc1. The molecular weight excluding hydrogens is 330 g/mol. The van der Waals surface area contributed by atoms with Crippen LogP contribution in [-0.2, 0) is 6.54 Å². The molecule has 0 amide bonds. The van der Waals surface area contributed by atoms with Crippen LogP contribution in [0.5, 0.6) is 11.5 Å². The summed E-state index contributed by atoms with van der Waals surface area (Å²) >= 11 is 0. The largest absolute Gasteiger partial charge is 0.508 e. The van der Waals surface area contributed by atoms with Crippen LogP contribution in [-0.4, -0.2) is 36.4 Å². The number of nitrogens with zero attached hydrogens (tertiary/aromatic N) is 1. The number of guanidine groups is 1. The van der Waals surface area contributed by atoms with Gasteiger partial charge in [0.2, 0.25) is 0 Å². The minimum atomic E-state index is -0.519. The summed E-state index contributed by atoms with van der Waals surface area (Å²) in [7, 11) is 1.59. The number of nitrogens with one attached hydrogen (secondary N) is 2. The fraction of sp³-hybridized carbons (Fsp3) is 0.350. The Bertz CT molecular complexity index is 705. The highest BCUT2D eigenvalue weighted by Gasteiger charge is 2.08. The first-order valence-electron chi connectivity index (χ1n) is 8.75. The van der Waals surface area contributed by atoms with Crippen LogP contribution < -0.4 is 15.4 Å². The molecule has 0 radical (unpaired) electrons. The molecule has 1 unspecified atom stereocenters. The van der Waals surface area contributed by atoms with Crippen LogP contribution in [0.1, 0.15) is 30.6 Å². The molecule has 0 aromatic heterocycles. The highest BCUT2D eigenvalue weighted by Crippen LogP contribution is 2.23. The summed E-state index contributed by atoms with van der Waals surface area (Å²) in [6.45, 7) is 3.60. The number of aliphatic hydroxyl groups excluding tert-OH is 1. The summed E-state index contributed by atoms with van der Waals surface area (Å²) in [4.78, 5) is 4.49. The molecular formula is C20H27N3O3. The quantitative estimate of drug-likeness (QED) is 0.431. The van der Waals surface area contributed by atoms with E-state index in [1.54, 1.807) is 25.3 Å². The topological polar surface area (TPSA) is 86.1 Å². The lowest BCUT2D eigenvalue weighted by Gasteiger charge is -2.14. The third-order valence-corrected chi connectivity index (χ3v) is 3.93. The van der Waals surface area contributed by atoms with Crippen molar-refractivity contribution in [3.05, 3.63) is 59.7 Å². The number of aromatic hydroxyl groups is 1. The number of hydrogen-bond acceptors (Lipinski definition) is 4. The second-order valence-corrected chi connectivity index (χ2v) is 5.83. The van der Waals surface area contributed by atoms with Gasteiger partial charge in [0.15, 0.2) is 5.96 Å². The minimum absolute atomic E-state index is 0.185. The number of phenols is 1. The van der Waals surface area contributed by atoms with Gasteiger partial charge in [0.25, 0.3) is 0 Å². The predicted molar refractivity (Wildman–Crippen MR) is 103 cm³/mol. The van der Waals surface area contributed by atoms with Gasteiger partial charge in [0.05, 0.1) is 19.8 Å². The normalized spacial score (nSPS) is 12.5. The zero-order valence-corrected chi connectivity index (χ0v) is 15.3. The molecule has 0 saturated carbocycles. The molecule has 4 N–H and O–H groups in total. The zero-order chi connectivity index (χ0) is 18.8. The molecule has 26 heavy (non-hydrogen) atoms. The monoisotopic (exact) mass is 357 g/mol. The first kappa shape index (κ1) is 19.6. The Hall–Kier alpha value is -2.73. The predicted octanol–water partition coefficient (Wildman–Crippen LogP) is 2.58. The minimum Gasteiger partial charge on any atom is -0.508 e. The van der Waals surface area contributed by atoms with Gasteiger partial charge >= 0.3 is 0 Å². The van der Waals surface area contributed by atoms with E-state index in [9.17, 15) is 10.2 Å². The summed E-state index contributed by atoms with van der Waals surface area (Å²) in [5, 5.41) is 26.5. The van der Waals surface area contributed by atoms with Gasteiger partial charge in [-0.05, 0) is 37.1 Å². The smallest absolute Gasteiger partial charge is 0.191 e. The summed E-state index contributed by atoms with van der Waals surface area (Å²) in [5.74, 6) is 1.50. The molecule has 6 nitrogen and oxygen atoms in total. The van der Waals surface area contributed by atoms with Gasteiger partial charge in [-0.25, -0.2) is 4.99 Å². The van der Waals surface area contributed by atoms with Gasteiger partial charge < -0.3 is 25.6 Å². The Morgan fingerprint density at radius 3 is 2.62 bits per heavy atom. The van der Waals surface area contributed by atoms with E-state index in [0.717, 1.165) is 12.1 Å². The van der Waals surface area contributed by atoms with Crippen molar-refractivity contribution in [3.8, 4) is 11.5 Å². The number of hydrogen-bond donors (Lipinski definition) is 4. The molecule has 140 valence electrons. The molecule has 1 atom stereocenters. The van der Waals surface area contributed by atoms with Crippen LogP contribution in [0.25, 0.3) is 0 Å². The molecule has 0 spiro atoms. The highest BCUT2D eigenvalue weighted by molar-refractivity contribution is 5.79. The van der Waals surface area contributed by atoms with Gasteiger partial charge in [-0.15, -0.1) is 0 Å². The fourth-order valence-corrected chi connectivity index (χ4v) is 2.49. The molecule has 0 fully saturated rings. The maximum atomic E-state index is 10.2. The molecule has 2 aromatic rings. The van der Waals surface area contributed by atoms with Crippen LogP contribution in [0.15, 0.2) is 53.5 Å². The van der Waals surface area contributed by atoms with E-state index in [1.165, 1.54) is 0 Å². The Balaban J connectivity index is 1.92. The first-order chi connectivity index (χ1) is 12.6. The Morgan fingerprint density at radius 1 is 1.15 bits per heavy atom. The zero-order valence-electron chi connectivity index (χ0n) is 15.3. The average molecular weight is 357 g/mol. The van der Waals surface area contributed by atoms with Crippen molar-refractivity contribution in [2.75, 3.05) is 20.2 Å². The van der Waals surface area contributed by atoms with Crippen molar-refractivity contribution in [1.82, 2.24) is 10.6 Å². The Kier molecular flexibility index (Phi) is 7.76. The molecule has 0 aliphatic rings. The molecule has 0 bridgehead atoms. The molecule has 0 heterocycles. The van der Waals surface area contributed by atoms with Gasteiger partial charge in [-0.3, -0.25) is 0 Å². The third kappa shape index (κ3) is 5.97. The van der Waals surface area contributed by atoms with E-state index < -0.39 is 6.10 Å². The Labute approximate surface area is 154 Å². The number of aliphatic imine (C=N–C) groups is 1. The summed E-state index contributed by atoms with van der Waals surface area (Å²) in [6, 6.07) is 14.7.